The van der Waals surface area contributed by atoms with Gasteiger partial charge < -0.3 is 15.3 Å². The lowest BCUT2D eigenvalue weighted by molar-refractivity contribution is -0.170. The molecular weight excluding hydrogens is 309 g/mol. The van der Waals surface area contributed by atoms with Gasteiger partial charge in [0.2, 0.25) is 0 Å². The lowest BCUT2D eigenvalue weighted by Gasteiger charge is -2.19. The zero-order valence-electron chi connectivity index (χ0n) is 11.0. The summed E-state index contributed by atoms with van der Waals surface area (Å²) in [4.78, 5) is 12.0. The van der Waals surface area contributed by atoms with Crippen molar-refractivity contribution in [2.75, 3.05) is 29.2 Å². The number of nitrogens with zero attached hydrogens (tertiary/aromatic N) is 1. The number of aliphatic hydroxyl groups is 1. The summed E-state index contributed by atoms with van der Waals surface area (Å²) in [5.41, 5.74) is 1.61. The molecule has 2 N–H and O–H groups in total. The van der Waals surface area contributed by atoms with E-state index in [4.69, 9.17) is 11.6 Å². The fourth-order valence-corrected chi connectivity index (χ4v) is 2.28. The third-order valence-electron chi connectivity index (χ3n) is 3.18. The monoisotopic (exact) mass is 322 g/mol. The second-order valence-electron chi connectivity index (χ2n) is 4.74. The van der Waals surface area contributed by atoms with Crippen molar-refractivity contribution in [2.24, 2.45) is 0 Å². The molecule has 8 heteroatoms. The fraction of sp³-hybridized carbons (Fsp3) is 0.462. The van der Waals surface area contributed by atoms with Gasteiger partial charge in [-0.25, -0.2) is 0 Å². The number of amides is 1. The van der Waals surface area contributed by atoms with Gasteiger partial charge in [-0.15, -0.1) is 11.6 Å². The Hall–Kier alpha value is -1.47. The Labute approximate surface area is 124 Å². The highest BCUT2D eigenvalue weighted by atomic mass is 35.5. The maximum atomic E-state index is 12.5. The highest BCUT2D eigenvalue weighted by molar-refractivity contribution is 6.18. The van der Waals surface area contributed by atoms with Crippen LogP contribution < -0.4 is 10.2 Å². The Kier molecular flexibility index (Phi) is 4.63. The first-order chi connectivity index (χ1) is 9.82. The van der Waals surface area contributed by atoms with Crippen molar-refractivity contribution >= 4 is 28.9 Å². The predicted octanol–water partition coefficient (Wildman–Crippen LogP) is 2.15. The maximum absolute atomic E-state index is 12.5. The van der Waals surface area contributed by atoms with Crippen LogP contribution in [0.15, 0.2) is 18.2 Å². The number of carbonyl (C=O) groups is 1. The third-order valence-corrected chi connectivity index (χ3v) is 3.54. The quantitative estimate of drug-likeness (QED) is 0.835. The van der Waals surface area contributed by atoms with Crippen LogP contribution in [0.1, 0.15) is 5.56 Å². The molecule has 4 nitrogen and oxygen atoms in total. The SMILES string of the molecule is O=C(N1CCc2cc(NCC(O)CCl)ccc21)C(F)(F)F. The number of fused-ring (bicyclic) bond motifs is 1. The predicted molar refractivity (Wildman–Crippen MR) is 73.8 cm³/mol. The number of nitrogens with one attached hydrogen (secondary N) is 1. The van der Waals surface area contributed by atoms with E-state index in [9.17, 15) is 23.1 Å². The van der Waals surface area contributed by atoms with Crippen LogP contribution in [0.2, 0.25) is 0 Å². The van der Waals surface area contributed by atoms with Gasteiger partial charge in [-0.05, 0) is 30.2 Å². The molecule has 1 aliphatic heterocycles. The number of halogens is 4. The van der Waals surface area contributed by atoms with E-state index in [1.54, 1.807) is 12.1 Å². The van der Waals surface area contributed by atoms with Crippen LogP contribution in [0.5, 0.6) is 0 Å². The molecule has 0 saturated heterocycles. The van der Waals surface area contributed by atoms with E-state index in [0.717, 1.165) is 4.90 Å². The summed E-state index contributed by atoms with van der Waals surface area (Å²) in [6.45, 7) is 0.259. The van der Waals surface area contributed by atoms with Gasteiger partial charge in [-0.1, -0.05) is 0 Å². The molecule has 0 bridgehead atoms. The summed E-state index contributed by atoms with van der Waals surface area (Å²) in [6.07, 6.45) is -5.21. The smallest absolute Gasteiger partial charge is 0.390 e. The van der Waals surface area contributed by atoms with E-state index >= 15 is 0 Å². The first kappa shape index (κ1) is 15.9. The van der Waals surface area contributed by atoms with E-state index in [-0.39, 0.29) is 24.7 Å². The zero-order chi connectivity index (χ0) is 15.6. The molecule has 0 radical (unpaired) electrons. The van der Waals surface area contributed by atoms with E-state index in [1.165, 1.54) is 6.07 Å². The molecule has 1 atom stereocenters. The van der Waals surface area contributed by atoms with Crippen molar-refractivity contribution in [3.05, 3.63) is 23.8 Å². The van der Waals surface area contributed by atoms with Crippen LogP contribution >= 0.6 is 11.6 Å². The highest BCUT2D eigenvalue weighted by Gasteiger charge is 2.44. The van der Waals surface area contributed by atoms with Gasteiger partial charge in [0.1, 0.15) is 0 Å². The van der Waals surface area contributed by atoms with Gasteiger partial charge in [0.05, 0.1) is 12.0 Å². The summed E-state index contributed by atoms with van der Waals surface area (Å²) in [6, 6.07) is 4.73. The van der Waals surface area contributed by atoms with Crippen molar-refractivity contribution < 1.29 is 23.1 Å². The number of anilines is 2. The van der Waals surface area contributed by atoms with Crippen LogP contribution in [0.25, 0.3) is 0 Å². The van der Waals surface area contributed by atoms with Crippen LogP contribution in [0.4, 0.5) is 24.5 Å². The van der Waals surface area contributed by atoms with Crippen LogP contribution in [0.3, 0.4) is 0 Å². The molecule has 1 amide bonds. The average Bonchev–Trinajstić information content (AvgIpc) is 2.85. The molecule has 116 valence electrons. The first-order valence-corrected chi connectivity index (χ1v) is 6.86. The van der Waals surface area contributed by atoms with Crippen molar-refractivity contribution in [1.29, 1.82) is 0 Å². The van der Waals surface area contributed by atoms with Crippen LogP contribution in [-0.4, -0.2) is 42.3 Å². The van der Waals surface area contributed by atoms with E-state index < -0.39 is 18.2 Å². The van der Waals surface area contributed by atoms with Gasteiger partial charge in [-0.2, -0.15) is 13.2 Å². The largest absolute Gasteiger partial charge is 0.471 e. The molecule has 21 heavy (non-hydrogen) atoms. The molecule has 2 rings (SSSR count). The Balaban J connectivity index is 2.11. The lowest BCUT2D eigenvalue weighted by atomic mass is 10.1. The molecule has 0 saturated carbocycles. The summed E-state index contributed by atoms with van der Waals surface area (Å²) in [5.74, 6) is -1.76. The molecule has 0 fully saturated rings. The molecule has 0 aromatic heterocycles. The van der Waals surface area contributed by atoms with Crippen molar-refractivity contribution in [3.8, 4) is 0 Å². The number of carbonyl (C=O) groups excluding carboxylic acids is 1. The number of alkyl halides is 4. The lowest BCUT2D eigenvalue weighted by Crippen LogP contribution is -2.40. The first-order valence-electron chi connectivity index (χ1n) is 6.32. The fourth-order valence-electron chi connectivity index (χ4n) is 2.17. The Morgan fingerprint density at radius 1 is 1.48 bits per heavy atom. The van der Waals surface area contributed by atoms with E-state index in [2.05, 4.69) is 5.32 Å². The third kappa shape index (κ3) is 3.59. The highest BCUT2D eigenvalue weighted by Crippen LogP contribution is 2.33. The standard InChI is InChI=1S/C13H14ClF3N2O2/c14-6-10(20)7-18-9-1-2-11-8(5-9)3-4-19(11)12(21)13(15,16)17/h1-2,5,10,18,20H,3-4,6-7H2. The van der Waals surface area contributed by atoms with Gasteiger partial charge in [-0.3, -0.25) is 4.79 Å². The van der Waals surface area contributed by atoms with E-state index in [1.807, 2.05) is 0 Å². The number of hydrogen-bond donors (Lipinski definition) is 2. The zero-order valence-corrected chi connectivity index (χ0v) is 11.7. The average molecular weight is 323 g/mol. The van der Waals surface area contributed by atoms with Crippen LogP contribution in [0, 0.1) is 0 Å². The molecule has 1 unspecified atom stereocenters. The van der Waals surface area contributed by atoms with Crippen molar-refractivity contribution in [3.63, 3.8) is 0 Å². The molecule has 0 spiro atoms. The molecule has 1 aromatic carbocycles. The second kappa shape index (κ2) is 6.11. The van der Waals surface area contributed by atoms with Crippen molar-refractivity contribution in [2.45, 2.75) is 18.7 Å². The van der Waals surface area contributed by atoms with Gasteiger partial charge in [0.25, 0.3) is 0 Å². The Bertz CT molecular complexity index is 537. The summed E-state index contributed by atoms with van der Waals surface area (Å²) < 4.78 is 37.4. The Morgan fingerprint density at radius 3 is 2.81 bits per heavy atom. The minimum absolute atomic E-state index is 0.0153. The number of benzene rings is 1. The number of hydrogen-bond acceptors (Lipinski definition) is 3. The second-order valence-corrected chi connectivity index (χ2v) is 5.05. The van der Waals surface area contributed by atoms with Gasteiger partial charge in [0, 0.05) is 24.5 Å². The maximum Gasteiger partial charge on any atom is 0.471 e. The topological polar surface area (TPSA) is 52.6 Å². The number of aliphatic hydroxyl groups excluding tert-OH is 1. The molecule has 1 aromatic rings. The van der Waals surface area contributed by atoms with Crippen LogP contribution in [-0.2, 0) is 11.2 Å². The summed E-state index contributed by atoms with van der Waals surface area (Å²) in [7, 11) is 0. The molecular formula is C13H14ClF3N2O2. The Morgan fingerprint density at radius 2 is 2.19 bits per heavy atom. The number of rotatable bonds is 4. The summed E-state index contributed by atoms with van der Waals surface area (Å²) in [5, 5.41) is 12.3. The van der Waals surface area contributed by atoms with Crippen molar-refractivity contribution in [1.82, 2.24) is 0 Å². The minimum atomic E-state index is -4.87. The van der Waals surface area contributed by atoms with Gasteiger partial charge >= 0.3 is 12.1 Å². The normalized spacial score (nSPS) is 15.8. The molecule has 0 aliphatic carbocycles. The molecule has 1 heterocycles. The van der Waals surface area contributed by atoms with Gasteiger partial charge in [0.15, 0.2) is 0 Å². The molecule has 1 aliphatic rings. The summed E-state index contributed by atoms with van der Waals surface area (Å²) >= 11 is 5.47. The van der Waals surface area contributed by atoms with E-state index in [0.29, 0.717) is 17.7 Å². The minimum Gasteiger partial charge on any atom is -0.390 e.